The van der Waals surface area contributed by atoms with Gasteiger partial charge in [-0.3, -0.25) is 4.79 Å². The number of rotatable bonds is 6. The number of esters is 1. The predicted molar refractivity (Wildman–Crippen MR) is 91.5 cm³/mol. The molecule has 24 heavy (non-hydrogen) atoms. The van der Waals surface area contributed by atoms with Gasteiger partial charge in [0.1, 0.15) is 11.8 Å². The van der Waals surface area contributed by atoms with E-state index in [1.807, 2.05) is 36.4 Å². The second-order valence-electron chi connectivity index (χ2n) is 5.15. The minimum Gasteiger partial charge on any atom is -0.508 e. The van der Waals surface area contributed by atoms with Gasteiger partial charge in [0, 0.05) is 5.56 Å². The first-order valence-electron chi connectivity index (χ1n) is 7.49. The Morgan fingerprint density at radius 3 is 2.58 bits per heavy atom. The fourth-order valence-corrected chi connectivity index (χ4v) is 2.15. The molecule has 2 aromatic carbocycles. The minimum atomic E-state index is -0.801. The van der Waals surface area contributed by atoms with Crippen molar-refractivity contribution in [2.45, 2.75) is 12.5 Å². The SMILES string of the molecule is COC(=O)[C@@H](C/C=C/c1ccccc1)NC(=O)c1cccc(O)c1. The molecule has 0 aliphatic heterocycles. The molecule has 0 aliphatic carbocycles. The van der Waals surface area contributed by atoms with Crippen molar-refractivity contribution >= 4 is 18.0 Å². The molecule has 1 atom stereocenters. The van der Waals surface area contributed by atoms with Crippen molar-refractivity contribution in [3.8, 4) is 5.75 Å². The molecule has 2 aromatic rings. The molecule has 0 fully saturated rings. The number of phenolic OH excluding ortho intramolecular Hbond substituents is 1. The van der Waals surface area contributed by atoms with Crippen molar-refractivity contribution in [3.63, 3.8) is 0 Å². The number of benzene rings is 2. The molecule has 124 valence electrons. The van der Waals surface area contributed by atoms with Crippen LogP contribution < -0.4 is 5.32 Å². The number of nitrogens with one attached hydrogen (secondary N) is 1. The van der Waals surface area contributed by atoms with Crippen LogP contribution in [0.1, 0.15) is 22.3 Å². The fourth-order valence-electron chi connectivity index (χ4n) is 2.15. The Kier molecular flexibility index (Phi) is 6.14. The van der Waals surface area contributed by atoms with E-state index < -0.39 is 17.9 Å². The number of aromatic hydroxyl groups is 1. The van der Waals surface area contributed by atoms with E-state index in [0.29, 0.717) is 6.42 Å². The lowest BCUT2D eigenvalue weighted by Crippen LogP contribution is -2.41. The zero-order valence-corrected chi connectivity index (χ0v) is 13.3. The normalized spacial score (nSPS) is 11.9. The Balaban J connectivity index is 2.04. The van der Waals surface area contributed by atoms with Gasteiger partial charge in [0.05, 0.1) is 7.11 Å². The summed E-state index contributed by atoms with van der Waals surface area (Å²) in [7, 11) is 1.27. The lowest BCUT2D eigenvalue weighted by molar-refractivity contribution is -0.142. The molecule has 2 rings (SSSR count). The van der Waals surface area contributed by atoms with Gasteiger partial charge in [-0.15, -0.1) is 0 Å². The van der Waals surface area contributed by atoms with E-state index in [9.17, 15) is 14.7 Å². The van der Waals surface area contributed by atoms with Gasteiger partial charge in [-0.2, -0.15) is 0 Å². The van der Waals surface area contributed by atoms with Crippen molar-refractivity contribution in [2.24, 2.45) is 0 Å². The van der Waals surface area contributed by atoms with E-state index in [-0.39, 0.29) is 11.3 Å². The molecule has 0 saturated carbocycles. The topological polar surface area (TPSA) is 75.6 Å². The molecule has 2 N–H and O–H groups in total. The molecule has 0 spiro atoms. The highest BCUT2D eigenvalue weighted by molar-refractivity contribution is 5.97. The Labute approximate surface area is 140 Å². The van der Waals surface area contributed by atoms with Gasteiger partial charge in [0.25, 0.3) is 5.91 Å². The standard InChI is InChI=1S/C19H19NO4/c1-24-19(23)17(12-5-9-14-7-3-2-4-8-14)20-18(22)15-10-6-11-16(21)13-15/h2-11,13,17,21H,12H2,1H3,(H,20,22)/b9-5+/t17-/m1/s1. The molecule has 0 unspecified atom stereocenters. The number of amides is 1. The zero-order chi connectivity index (χ0) is 17.4. The Morgan fingerprint density at radius 2 is 1.92 bits per heavy atom. The molecule has 0 heterocycles. The van der Waals surface area contributed by atoms with Crippen molar-refractivity contribution in [2.75, 3.05) is 7.11 Å². The predicted octanol–water partition coefficient (Wildman–Crippen LogP) is 2.77. The van der Waals surface area contributed by atoms with E-state index in [0.717, 1.165) is 5.56 Å². The number of ether oxygens (including phenoxy) is 1. The summed E-state index contributed by atoms with van der Waals surface area (Å²) < 4.78 is 4.74. The largest absolute Gasteiger partial charge is 0.508 e. The van der Waals surface area contributed by atoms with Crippen LogP contribution in [-0.2, 0) is 9.53 Å². The summed E-state index contributed by atoms with van der Waals surface area (Å²) in [6.07, 6.45) is 3.97. The fraction of sp³-hybridized carbons (Fsp3) is 0.158. The maximum atomic E-state index is 12.2. The summed E-state index contributed by atoms with van der Waals surface area (Å²) in [6, 6.07) is 14.8. The maximum Gasteiger partial charge on any atom is 0.328 e. The summed E-state index contributed by atoms with van der Waals surface area (Å²) >= 11 is 0. The van der Waals surface area contributed by atoms with Gasteiger partial charge in [0.15, 0.2) is 0 Å². The molecular formula is C19H19NO4. The monoisotopic (exact) mass is 325 g/mol. The summed E-state index contributed by atoms with van der Waals surface area (Å²) in [5.74, 6) is -0.989. The molecule has 0 radical (unpaired) electrons. The van der Waals surface area contributed by atoms with Crippen LogP contribution in [0.25, 0.3) is 6.08 Å². The molecular weight excluding hydrogens is 306 g/mol. The minimum absolute atomic E-state index is 0.0127. The summed E-state index contributed by atoms with van der Waals surface area (Å²) in [6.45, 7) is 0. The van der Waals surface area contributed by atoms with Crippen molar-refractivity contribution in [1.29, 1.82) is 0 Å². The lowest BCUT2D eigenvalue weighted by Gasteiger charge is -2.15. The highest BCUT2D eigenvalue weighted by atomic mass is 16.5. The van der Waals surface area contributed by atoms with E-state index >= 15 is 0 Å². The first-order valence-corrected chi connectivity index (χ1v) is 7.49. The van der Waals surface area contributed by atoms with Crippen LogP contribution >= 0.6 is 0 Å². The van der Waals surface area contributed by atoms with Crippen molar-refractivity contribution in [1.82, 2.24) is 5.32 Å². The van der Waals surface area contributed by atoms with E-state index in [1.165, 1.54) is 19.2 Å². The van der Waals surface area contributed by atoms with Crippen molar-refractivity contribution in [3.05, 3.63) is 71.8 Å². The number of hydrogen-bond donors (Lipinski definition) is 2. The van der Waals surface area contributed by atoms with E-state index in [1.54, 1.807) is 18.2 Å². The third-order valence-corrected chi connectivity index (χ3v) is 3.38. The van der Waals surface area contributed by atoms with Gasteiger partial charge >= 0.3 is 5.97 Å². The summed E-state index contributed by atoms with van der Waals surface area (Å²) in [5, 5.41) is 12.1. The molecule has 1 amide bonds. The molecule has 0 aromatic heterocycles. The van der Waals surface area contributed by atoms with Gasteiger partial charge in [-0.1, -0.05) is 48.6 Å². The average molecular weight is 325 g/mol. The second kappa shape index (κ2) is 8.53. The van der Waals surface area contributed by atoms with Gasteiger partial charge in [-0.25, -0.2) is 4.79 Å². The first kappa shape index (κ1) is 17.3. The summed E-state index contributed by atoms with van der Waals surface area (Å²) in [4.78, 5) is 24.1. The third-order valence-electron chi connectivity index (χ3n) is 3.38. The van der Waals surface area contributed by atoms with Crippen LogP contribution in [0.15, 0.2) is 60.7 Å². The Hall–Kier alpha value is -3.08. The molecule has 5 nitrogen and oxygen atoms in total. The van der Waals surface area contributed by atoms with Crippen LogP contribution in [0.4, 0.5) is 0 Å². The highest BCUT2D eigenvalue weighted by Crippen LogP contribution is 2.11. The number of carbonyl (C=O) groups is 2. The third kappa shape index (κ3) is 4.98. The lowest BCUT2D eigenvalue weighted by atomic mass is 10.1. The number of methoxy groups -OCH3 is 1. The number of hydrogen-bond acceptors (Lipinski definition) is 4. The van der Waals surface area contributed by atoms with Crippen molar-refractivity contribution < 1.29 is 19.4 Å². The summed E-state index contributed by atoms with van der Waals surface area (Å²) in [5.41, 5.74) is 1.27. The Morgan fingerprint density at radius 1 is 1.17 bits per heavy atom. The molecule has 0 bridgehead atoms. The van der Waals surface area contributed by atoms with Gasteiger partial charge in [0.2, 0.25) is 0 Å². The molecule has 0 aliphatic rings. The Bertz CT molecular complexity index is 725. The van der Waals surface area contributed by atoms with E-state index in [2.05, 4.69) is 5.32 Å². The van der Waals surface area contributed by atoms with E-state index in [4.69, 9.17) is 4.74 Å². The number of phenols is 1. The van der Waals surface area contributed by atoms with Gasteiger partial charge in [-0.05, 0) is 30.2 Å². The quantitative estimate of drug-likeness (QED) is 0.801. The van der Waals surface area contributed by atoms with Crippen LogP contribution in [0.2, 0.25) is 0 Å². The zero-order valence-electron chi connectivity index (χ0n) is 13.3. The highest BCUT2D eigenvalue weighted by Gasteiger charge is 2.21. The van der Waals surface area contributed by atoms with Crippen LogP contribution in [-0.4, -0.2) is 30.1 Å². The molecule has 0 saturated heterocycles. The molecule has 5 heteroatoms. The average Bonchev–Trinajstić information content (AvgIpc) is 2.61. The van der Waals surface area contributed by atoms with Crippen LogP contribution in [0.3, 0.4) is 0 Å². The van der Waals surface area contributed by atoms with Crippen LogP contribution in [0, 0.1) is 0 Å². The maximum absolute atomic E-state index is 12.2. The van der Waals surface area contributed by atoms with Gasteiger partial charge < -0.3 is 15.2 Å². The number of carbonyl (C=O) groups excluding carboxylic acids is 2. The first-order chi connectivity index (χ1) is 11.6. The smallest absolute Gasteiger partial charge is 0.328 e. The second-order valence-corrected chi connectivity index (χ2v) is 5.15. The van der Waals surface area contributed by atoms with Crippen LogP contribution in [0.5, 0.6) is 5.75 Å².